The molecule has 0 saturated heterocycles. The van der Waals surface area contributed by atoms with E-state index in [9.17, 15) is 8.78 Å². The molecule has 2 rings (SSSR count). The van der Waals surface area contributed by atoms with Crippen LogP contribution in [-0.4, -0.2) is 9.78 Å². The zero-order valence-corrected chi connectivity index (χ0v) is 11.2. The van der Waals surface area contributed by atoms with Gasteiger partial charge in [0.05, 0.1) is 15.8 Å². The van der Waals surface area contributed by atoms with E-state index < -0.39 is 11.6 Å². The molecule has 2 N–H and O–H groups in total. The molecule has 3 nitrogen and oxygen atoms in total. The molecular formula is C11H10F2IN3. The molecule has 0 fully saturated rings. The van der Waals surface area contributed by atoms with Gasteiger partial charge in [0.25, 0.3) is 0 Å². The number of aryl methyl sites for hydroxylation is 1. The summed E-state index contributed by atoms with van der Waals surface area (Å²) < 4.78 is 28.4. The van der Waals surface area contributed by atoms with Crippen LogP contribution in [0.2, 0.25) is 0 Å². The Bertz CT molecular complexity index is 546. The fourth-order valence-corrected chi connectivity index (χ4v) is 1.96. The molecule has 0 atom stereocenters. The number of rotatable bonds is 2. The Hall–Kier alpha value is -1.18. The van der Waals surface area contributed by atoms with Gasteiger partial charge in [-0.05, 0) is 47.2 Å². The van der Waals surface area contributed by atoms with Crippen LogP contribution in [0.4, 0.5) is 14.6 Å². The summed E-state index contributed by atoms with van der Waals surface area (Å²) in [6.45, 7) is 2.09. The predicted octanol–water partition coefficient (Wildman–Crippen LogP) is 2.70. The third-order valence-corrected chi connectivity index (χ3v) is 3.68. The molecule has 0 aliphatic carbocycles. The van der Waals surface area contributed by atoms with E-state index in [2.05, 4.69) is 27.7 Å². The quantitative estimate of drug-likeness (QED) is 0.848. The second-order valence-electron chi connectivity index (χ2n) is 3.72. The summed E-state index contributed by atoms with van der Waals surface area (Å²) in [5, 5.41) is 4.20. The molecule has 0 bridgehead atoms. The minimum absolute atomic E-state index is 0.254. The maximum absolute atomic E-state index is 13.0. The highest BCUT2D eigenvalue weighted by Crippen LogP contribution is 2.20. The zero-order chi connectivity index (χ0) is 12.6. The molecule has 0 aliphatic rings. The number of aromatic nitrogens is 2. The van der Waals surface area contributed by atoms with Crippen LogP contribution in [0.1, 0.15) is 11.3 Å². The third kappa shape index (κ3) is 2.56. The first-order chi connectivity index (χ1) is 7.97. The lowest BCUT2D eigenvalue weighted by atomic mass is 10.2. The van der Waals surface area contributed by atoms with Crippen molar-refractivity contribution < 1.29 is 8.78 Å². The van der Waals surface area contributed by atoms with Crippen LogP contribution in [0.5, 0.6) is 0 Å². The van der Waals surface area contributed by atoms with Crippen LogP contribution >= 0.6 is 22.6 Å². The van der Waals surface area contributed by atoms with Gasteiger partial charge in [-0.3, -0.25) is 0 Å². The van der Waals surface area contributed by atoms with E-state index >= 15 is 0 Å². The first-order valence-electron chi connectivity index (χ1n) is 4.90. The number of hydrogen-bond donors (Lipinski definition) is 1. The van der Waals surface area contributed by atoms with Crippen LogP contribution in [0.3, 0.4) is 0 Å². The summed E-state index contributed by atoms with van der Waals surface area (Å²) >= 11 is 2.09. The Morgan fingerprint density at radius 2 is 1.88 bits per heavy atom. The lowest BCUT2D eigenvalue weighted by Crippen LogP contribution is -2.07. The highest BCUT2D eigenvalue weighted by atomic mass is 127. The van der Waals surface area contributed by atoms with E-state index in [0.29, 0.717) is 11.4 Å². The van der Waals surface area contributed by atoms with Gasteiger partial charge in [0.15, 0.2) is 0 Å². The molecule has 90 valence electrons. The average Bonchev–Trinajstić information content (AvgIpc) is 2.45. The summed E-state index contributed by atoms with van der Waals surface area (Å²) in [4.78, 5) is 0. The van der Waals surface area contributed by atoms with Crippen LogP contribution in [-0.2, 0) is 6.54 Å². The van der Waals surface area contributed by atoms with Crippen molar-refractivity contribution >= 4 is 28.4 Å². The maximum Gasteiger partial charge on any atom is 0.135 e. The van der Waals surface area contributed by atoms with Gasteiger partial charge in [0, 0.05) is 6.07 Å². The third-order valence-electron chi connectivity index (χ3n) is 2.35. The van der Waals surface area contributed by atoms with Crippen molar-refractivity contribution in [2.24, 2.45) is 0 Å². The molecule has 0 radical (unpaired) electrons. The summed E-state index contributed by atoms with van der Waals surface area (Å²) in [5.74, 6) is -0.693. The molecule has 17 heavy (non-hydrogen) atoms. The SMILES string of the molecule is Cc1nn(Cc2cc(F)cc(F)c2)c(N)c1I. The van der Waals surface area contributed by atoms with Gasteiger partial charge in [0.2, 0.25) is 0 Å². The number of nitrogens with zero attached hydrogens (tertiary/aromatic N) is 2. The fourth-order valence-electron chi connectivity index (χ4n) is 1.57. The number of hydrogen-bond acceptors (Lipinski definition) is 2. The van der Waals surface area contributed by atoms with Gasteiger partial charge in [-0.2, -0.15) is 5.10 Å². The van der Waals surface area contributed by atoms with Crippen LogP contribution in [0.25, 0.3) is 0 Å². The van der Waals surface area contributed by atoms with E-state index in [1.165, 1.54) is 16.8 Å². The number of nitrogen functional groups attached to an aromatic ring is 1. The van der Waals surface area contributed by atoms with E-state index in [4.69, 9.17) is 5.73 Å². The molecule has 0 unspecified atom stereocenters. The Kier molecular flexibility index (Phi) is 3.32. The number of halogens is 3. The zero-order valence-electron chi connectivity index (χ0n) is 9.04. The van der Waals surface area contributed by atoms with Crippen molar-refractivity contribution in [3.63, 3.8) is 0 Å². The molecule has 2 aromatic rings. The Balaban J connectivity index is 2.34. The molecule has 0 amide bonds. The molecule has 0 aliphatic heterocycles. The number of anilines is 1. The summed E-state index contributed by atoms with van der Waals surface area (Å²) in [5.41, 5.74) is 7.13. The van der Waals surface area contributed by atoms with Crippen molar-refractivity contribution in [1.82, 2.24) is 9.78 Å². The maximum atomic E-state index is 13.0. The van der Waals surface area contributed by atoms with Gasteiger partial charge < -0.3 is 5.73 Å². The van der Waals surface area contributed by atoms with Crippen LogP contribution in [0, 0.1) is 22.1 Å². The first kappa shape index (κ1) is 12.3. The Morgan fingerprint density at radius 1 is 1.29 bits per heavy atom. The average molecular weight is 349 g/mol. The van der Waals surface area contributed by atoms with Crippen molar-refractivity contribution in [3.8, 4) is 0 Å². The second-order valence-corrected chi connectivity index (χ2v) is 4.80. The molecule has 6 heteroatoms. The normalized spacial score (nSPS) is 10.8. The number of benzene rings is 1. The smallest absolute Gasteiger partial charge is 0.135 e. The lowest BCUT2D eigenvalue weighted by molar-refractivity contribution is 0.575. The summed E-state index contributed by atoms with van der Waals surface area (Å²) in [7, 11) is 0. The molecular weight excluding hydrogens is 339 g/mol. The van der Waals surface area contributed by atoms with Gasteiger partial charge in [-0.15, -0.1) is 0 Å². The Morgan fingerprint density at radius 3 is 2.35 bits per heavy atom. The monoisotopic (exact) mass is 349 g/mol. The van der Waals surface area contributed by atoms with Crippen molar-refractivity contribution in [3.05, 3.63) is 44.7 Å². The van der Waals surface area contributed by atoms with Gasteiger partial charge in [-0.25, -0.2) is 13.5 Å². The highest BCUT2D eigenvalue weighted by molar-refractivity contribution is 14.1. The van der Waals surface area contributed by atoms with Crippen molar-refractivity contribution in [1.29, 1.82) is 0 Å². The first-order valence-corrected chi connectivity index (χ1v) is 5.98. The summed E-state index contributed by atoms with van der Waals surface area (Å²) in [6, 6.07) is 3.38. The Labute approximate surface area is 111 Å². The molecule has 0 saturated carbocycles. The lowest BCUT2D eigenvalue weighted by Gasteiger charge is -2.05. The van der Waals surface area contributed by atoms with E-state index in [0.717, 1.165) is 15.3 Å². The predicted molar refractivity (Wildman–Crippen MR) is 69.6 cm³/mol. The van der Waals surface area contributed by atoms with Crippen molar-refractivity contribution in [2.45, 2.75) is 13.5 Å². The number of nitrogens with two attached hydrogens (primary N) is 1. The molecule has 1 aromatic carbocycles. The van der Waals surface area contributed by atoms with Gasteiger partial charge in [-0.1, -0.05) is 0 Å². The fraction of sp³-hybridized carbons (Fsp3) is 0.182. The largest absolute Gasteiger partial charge is 0.383 e. The van der Waals surface area contributed by atoms with Gasteiger partial charge in [0.1, 0.15) is 17.5 Å². The topological polar surface area (TPSA) is 43.8 Å². The van der Waals surface area contributed by atoms with Crippen LogP contribution in [0.15, 0.2) is 18.2 Å². The minimum Gasteiger partial charge on any atom is -0.383 e. The highest BCUT2D eigenvalue weighted by Gasteiger charge is 2.10. The standard InChI is InChI=1S/C11H10F2IN3/c1-6-10(14)11(15)17(16-6)5-7-2-8(12)4-9(13)3-7/h2-4H,5,15H2,1H3. The summed E-state index contributed by atoms with van der Waals surface area (Å²) in [6.07, 6.45) is 0. The second kappa shape index (κ2) is 4.59. The minimum atomic E-state index is -0.600. The van der Waals surface area contributed by atoms with E-state index in [-0.39, 0.29) is 6.54 Å². The van der Waals surface area contributed by atoms with Gasteiger partial charge >= 0.3 is 0 Å². The van der Waals surface area contributed by atoms with Crippen molar-refractivity contribution in [2.75, 3.05) is 5.73 Å². The van der Waals surface area contributed by atoms with E-state index in [1.807, 2.05) is 6.92 Å². The van der Waals surface area contributed by atoms with Crippen LogP contribution < -0.4 is 5.73 Å². The molecule has 1 aromatic heterocycles. The van der Waals surface area contributed by atoms with E-state index in [1.54, 1.807) is 0 Å². The molecule has 0 spiro atoms. The molecule has 1 heterocycles.